The summed E-state index contributed by atoms with van der Waals surface area (Å²) in [5.41, 5.74) is 1.67. The number of carbonyl (C=O) groups excluding carboxylic acids is 1. The zero-order valence-corrected chi connectivity index (χ0v) is 28.4. The highest BCUT2D eigenvalue weighted by Crippen LogP contribution is 2.27. The zero-order chi connectivity index (χ0) is 34.7. The maximum absolute atomic E-state index is 14.1. The fourth-order valence-electron chi connectivity index (χ4n) is 6.20. The summed E-state index contributed by atoms with van der Waals surface area (Å²) >= 11 is 0. The molecule has 1 N–H and O–H groups in total. The minimum absolute atomic E-state index is 0.0122. The Hall–Kier alpha value is -5.37. The Labute approximate surface area is 290 Å². The highest BCUT2D eigenvalue weighted by molar-refractivity contribution is 7.89. The fraction of sp³-hybridized carbons (Fsp3) is 0.162. The van der Waals surface area contributed by atoms with Crippen LogP contribution in [0.2, 0.25) is 0 Å². The van der Waals surface area contributed by atoms with Crippen LogP contribution in [0.4, 0.5) is 5.69 Å². The lowest BCUT2D eigenvalue weighted by atomic mass is 10.0. The summed E-state index contributed by atoms with van der Waals surface area (Å²) < 4.78 is 62.5. The van der Waals surface area contributed by atoms with Gasteiger partial charge in [-0.05, 0) is 60.5 Å². The summed E-state index contributed by atoms with van der Waals surface area (Å²) in [5, 5.41) is 2.29. The molecule has 6 aromatic rings. The number of hydrogen-bond donors (Lipinski definition) is 1. The van der Waals surface area contributed by atoms with Crippen molar-refractivity contribution < 1.29 is 25.8 Å². The molecular formula is C37H33N5O6S2. The Balaban J connectivity index is 1.13. The number of amides is 1. The maximum atomic E-state index is 14.1. The van der Waals surface area contributed by atoms with Crippen LogP contribution < -0.4 is 13.8 Å². The number of hydrogen-bond acceptors (Lipinski definition) is 9. The first-order valence-electron chi connectivity index (χ1n) is 16.0. The van der Waals surface area contributed by atoms with E-state index in [1.807, 2.05) is 30.3 Å². The number of pyridine rings is 2. The third kappa shape index (κ3) is 7.01. The number of carbonyl (C=O) groups is 1. The molecule has 1 atom stereocenters. The number of benzene rings is 4. The van der Waals surface area contributed by atoms with Gasteiger partial charge in [0.2, 0.25) is 15.9 Å². The molecule has 0 unspecified atom stereocenters. The van der Waals surface area contributed by atoms with Crippen LogP contribution >= 0.6 is 0 Å². The van der Waals surface area contributed by atoms with Crippen LogP contribution in [-0.4, -0.2) is 69.8 Å². The van der Waals surface area contributed by atoms with Crippen LogP contribution in [-0.2, 0) is 31.4 Å². The van der Waals surface area contributed by atoms with E-state index in [-0.39, 0.29) is 27.9 Å². The number of nitrogens with zero attached hydrogens (tertiary/aromatic N) is 4. The minimum atomic E-state index is -4.19. The van der Waals surface area contributed by atoms with Crippen molar-refractivity contribution in [2.45, 2.75) is 22.3 Å². The molecule has 3 heterocycles. The fourth-order valence-corrected chi connectivity index (χ4v) is 8.77. The van der Waals surface area contributed by atoms with Gasteiger partial charge < -0.3 is 14.0 Å². The molecule has 0 bridgehead atoms. The predicted molar refractivity (Wildman–Crippen MR) is 191 cm³/mol. The van der Waals surface area contributed by atoms with Crippen molar-refractivity contribution in [1.82, 2.24) is 19.6 Å². The quantitative estimate of drug-likeness (QED) is 0.199. The highest BCUT2D eigenvalue weighted by Gasteiger charge is 2.32. The molecule has 0 spiro atoms. The Morgan fingerprint density at radius 2 is 1.30 bits per heavy atom. The van der Waals surface area contributed by atoms with Gasteiger partial charge in [-0.25, -0.2) is 8.42 Å². The molecule has 50 heavy (non-hydrogen) atoms. The number of para-hydroxylation sites is 1. The van der Waals surface area contributed by atoms with Crippen molar-refractivity contribution >= 4 is 53.3 Å². The van der Waals surface area contributed by atoms with E-state index in [4.69, 9.17) is 4.18 Å². The molecule has 1 fully saturated rings. The Morgan fingerprint density at radius 1 is 0.700 bits per heavy atom. The second kappa shape index (κ2) is 13.9. The van der Waals surface area contributed by atoms with Crippen LogP contribution in [0.25, 0.3) is 21.5 Å². The van der Waals surface area contributed by atoms with Crippen molar-refractivity contribution in [3.8, 4) is 5.75 Å². The molecular weight excluding hydrogens is 675 g/mol. The van der Waals surface area contributed by atoms with Crippen molar-refractivity contribution in [2.75, 3.05) is 31.1 Å². The molecule has 0 saturated carbocycles. The largest absolute Gasteiger partial charge is 0.379 e. The number of sulfonamides is 1. The van der Waals surface area contributed by atoms with Gasteiger partial charge in [0, 0.05) is 78.2 Å². The normalized spacial score (nSPS) is 14.5. The van der Waals surface area contributed by atoms with E-state index in [9.17, 15) is 21.6 Å². The molecule has 0 radical (unpaired) electrons. The van der Waals surface area contributed by atoms with Crippen molar-refractivity contribution in [1.29, 1.82) is 0 Å². The van der Waals surface area contributed by atoms with Crippen molar-refractivity contribution in [3.05, 3.63) is 133 Å². The summed E-state index contributed by atoms with van der Waals surface area (Å²) in [5.74, 6) is -0.277. The summed E-state index contributed by atoms with van der Waals surface area (Å²) in [6.45, 7) is 2.03. The van der Waals surface area contributed by atoms with E-state index in [2.05, 4.69) is 19.6 Å². The molecule has 7 rings (SSSR count). The lowest BCUT2D eigenvalue weighted by Crippen LogP contribution is -2.55. The van der Waals surface area contributed by atoms with Crippen LogP contribution in [0.5, 0.6) is 5.75 Å². The SMILES string of the molecule is O=C([C@@H](Cc1ccc(OS(=O)(=O)c2cccc3cnccc23)cc1)NS(=O)(=O)c1cccc2cnccc12)N1CCN(c2ccccc2)CC1. The molecule has 1 aliphatic heterocycles. The first-order valence-corrected chi connectivity index (χ1v) is 18.9. The van der Waals surface area contributed by atoms with Crippen LogP contribution in [0, 0.1) is 0 Å². The smallest absolute Gasteiger partial charge is 0.339 e. The molecule has 4 aromatic carbocycles. The Kier molecular flexibility index (Phi) is 9.19. The minimum Gasteiger partial charge on any atom is -0.379 e. The third-order valence-electron chi connectivity index (χ3n) is 8.72. The van der Waals surface area contributed by atoms with Crippen molar-refractivity contribution in [3.63, 3.8) is 0 Å². The molecule has 1 amide bonds. The first-order chi connectivity index (χ1) is 24.2. The highest BCUT2D eigenvalue weighted by atomic mass is 32.2. The number of nitrogens with one attached hydrogen (secondary N) is 1. The van der Waals surface area contributed by atoms with E-state index in [1.165, 1.54) is 36.7 Å². The van der Waals surface area contributed by atoms with Crippen LogP contribution in [0.15, 0.2) is 138 Å². The van der Waals surface area contributed by atoms with Gasteiger partial charge >= 0.3 is 10.1 Å². The molecule has 0 aliphatic carbocycles. The van der Waals surface area contributed by atoms with Gasteiger partial charge in [-0.1, -0.05) is 54.6 Å². The second-order valence-electron chi connectivity index (χ2n) is 11.9. The number of anilines is 1. The second-order valence-corrected chi connectivity index (χ2v) is 15.1. The molecule has 11 nitrogen and oxygen atoms in total. The van der Waals surface area contributed by atoms with E-state index < -0.39 is 26.2 Å². The van der Waals surface area contributed by atoms with Crippen molar-refractivity contribution in [2.24, 2.45) is 0 Å². The van der Waals surface area contributed by atoms with E-state index in [1.54, 1.807) is 65.8 Å². The predicted octanol–water partition coefficient (Wildman–Crippen LogP) is 4.79. The summed E-state index contributed by atoms with van der Waals surface area (Å²) in [7, 11) is -8.36. The molecule has 13 heteroatoms. The first kappa shape index (κ1) is 33.1. The van der Waals surface area contributed by atoms with Crippen LogP contribution in [0.3, 0.4) is 0 Å². The van der Waals surface area contributed by atoms with Gasteiger partial charge in [-0.3, -0.25) is 14.8 Å². The summed E-state index contributed by atoms with van der Waals surface area (Å²) in [4.78, 5) is 26.2. The van der Waals surface area contributed by atoms with Crippen LogP contribution in [0.1, 0.15) is 5.56 Å². The third-order valence-corrected chi connectivity index (χ3v) is 11.6. The average molecular weight is 708 g/mol. The van der Waals surface area contributed by atoms with E-state index in [0.29, 0.717) is 53.3 Å². The van der Waals surface area contributed by atoms with E-state index >= 15 is 0 Å². The lowest BCUT2D eigenvalue weighted by Gasteiger charge is -2.37. The molecule has 1 aliphatic rings. The standard InChI is InChI=1S/C37H33N5O6S2/c43-37(42-22-20-41(21-23-42)30-8-2-1-3-9-30)34(40-49(44,45)35-10-4-6-28-25-38-18-16-32(28)35)24-27-12-14-31(15-13-27)48-50(46,47)36-11-5-7-29-26-39-19-17-33(29)36/h1-19,25-26,34,40H,20-24H2/t34-/m1/s1. The van der Waals surface area contributed by atoms with Gasteiger partial charge in [0.25, 0.3) is 0 Å². The number of rotatable bonds is 10. The Morgan fingerprint density at radius 3 is 1.94 bits per heavy atom. The van der Waals surface area contributed by atoms with E-state index in [0.717, 1.165) is 5.69 Å². The zero-order valence-electron chi connectivity index (χ0n) is 26.8. The average Bonchev–Trinajstić information content (AvgIpc) is 3.14. The summed E-state index contributed by atoms with van der Waals surface area (Å²) in [6.07, 6.45) is 6.23. The Bertz CT molecular complexity index is 2370. The number of piperazine rings is 1. The van der Waals surface area contributed by atoms with Gasteiger partial charge in [0.1, 0.15) is 16.7 Å². The maximum Gasteiger partial charge on any atom is 0.339 e. The van der Waals surface area contributed by atoms with Gasteiger partial charge in [0.15, 0.2) is 0 Å². The lowest BCUT2D eigenvalue weighted by molar-refractivity contribution is -0.133. The topological polar surface area (TPSA) is 139 Å². The molecule has 1 saturated heterocycles. The molecule has 2 aromatic heterocycles. The van der Waals surface area contributed by atoms with Gasteiger partial charge in [-0.2, -0.15) is 13.1 Å². The summed E-state index contributed by atoms with van der Waals surface area (Å²) in [6, 6.07) is 28.1. The molecule has 254 valence electrons. The monoisotopic (exact) mass is 707 g/mol. The van der Waals surface area contributed by atoms with Gasteiger partial charge in [0.05, 0.1) is 4.90 Å². The van der Waals surface area contributed by atoms with Gasteiger partial charge in [-0.15, -0.1) is 0 Å². The number of fused-ring (bicyclic) bond motifs is 2. The number of aromatic nitrogens is 2.